The van der Waals surface area contributed by atoms with Crippen LogP contribution in [0.5, 0.6) is 5.75 Å². The summed E-state index contributed by atoms with van der Waals surface area (Å²) in [5, 5.41) is 4.84. The largest absolute Gasteiger partial charge is 0.496 e. The minimum atomic E-state index is -0.0349. The summed E-state index contributed by atoms with van der Waals surface area (Å²) < 4.78 is 12.9. The third kappa shape index (κ3) is 4.60. The lowest BCUT2D eigenvalue weighted by Crippen LogP contribution is -2.30. The third-order valence-corrected chi connectivity index (χ3v) is 5.71. The lowest BCUT2D eigenvalue weighted by atomic mass is 10.1. The summed E-state index contributed by atoms with van der Waals surface area (Å²) in [6.45, 7) is 0.476. The van der Waals surface area contributed by atoms with Gasteiger partial charge in [0.05, 0.1) is 25.6 Å². The van der Waals surface area contributed by atoms with Crippen molar-refractivity contribution in [1.82, 2.24) is 14.7 Å². The van der Waals surface area contributed by atoms with Crippen molar-refractivity contribution in [3.63, 3.8) is 0 Å². The number of para-hydroxylation sites is 2. The molecule has 0 unspecified atom stereocenters. The molecule has 1 saturated carbocycles. The van der Waals surface area contributed by atoms with Gasteiger partial charge in [0.25, 0.3) is 0 Å². The van der Waals surface area contributed by atoms with Crippen molar-refractivity contribution < 1.29 is 13.9 Å². The summed E-state index contributed by atoms with van der Waals surface area (Å²) in [7, 11) is 1.65. The molecule has 2 heterocycles. The highest BCUT2D eigenvalue weighted by Gasteiger charge is 2.32. The first-order valence-corrected chi connectivity index (χ1v) is 11.0. The predicted octanol–water partition coefficient (Wildman–Crippen LogP) is 5.35. The summed E-state index contributed by atoms with van der Waals surface area (Å²) in [4.78, 5) is 15.0. The van der Waals surface area contributed by atoms with Crippen LogP contribution in [0.4, 0.5) is 0 Å². The van der Waals surface area contributed by atoms with Crippen LogP contribution in [-0.2, 0) is 11.3 Å². The molecule has 166 valence electrons. The fraction of sp³-hybridized carbons (Fsp3) is 0.185. The molecule has 2 aromatic carbocycles. The van der Waals surface area contributed by atoms with Crippen molar-refractivity contribution >= 4 is 12.0 Å². The molecule has 4 aromatic rings. The Kier molecular flexibility index (Phi) is 5.81. The van der Waals surface area contributed by atoms with Gasteiger partial charge >= 0.3 is 0 Å². The van der Waals surface area contributed by atoms with Crippen molar-refractivity contribution in [2.24, 2.45) is 0 Å². The number of furan rings is 1. The summed E-state index contributed by atoms with van der Waals surface area (Å²) in [6, 6.07) is 21.7. The van der Waals surface area contributed by atoms with E-state index in [0.29, 0.717) is 6.54 Å². The zero-order chi connectivity index (χ0) is 22.6. The Balaban J connectivity index is 1.49. The van der Waals surface area contributed by atoms with E-state index in [-0.39, 0.29) is 11.9 Å². The van der Waals surface area contributed by atoms with Gasteiger partial charge in [-0.2, -0.15) is 5.10 Å². The molecule has 0 aliphatic heterocycles. The molecular formula is C27H25N3O3. The molecule has 6 nitrogen and oxygen atoms in total. The molecule has 0 saturated heterocycles. The van der Waals surface area contributed by atoms with Gasteiger partial charge in [-0.1, -0.05) is 30.3 Å². The summed E-state index contributed by atoms with van der Waals surface area (Å²) in [5.41, 5.74) is 3.41. The maximum Gasteiger partial charge on any atom is 0.247 e. The summed E-state index contributed by atoms with van der Waals surface area (Å²) in [5.74, 6) is 1.48. The minimum Gasteiger partial charge on any atom is -0.496 e. The number of benzene rings is 2. The Morgan fingerprint density at radius 1 is 1.12 bits per heavy atom. The van der Waals surface area contributed by atoms with Crippen molar-refractivity contribution in [3.8, 4) is 22.7 Å². The van der Waals surface area contributed by atoms with Gasteiger partial charge in [-0.3, -0.25) is 4.79 Å². The molecule has 1 fully saturated rings. The number of ether oxygens (including phenoxy) is 1. The van der Waals surface area contributed by atoms with Gasteiger partial charge in [0.1, 0.15) is 17.2 Å². The van der Waals surface area contributed by atoms with Crippen LogP contribution in [0.3, 0.4) is 0 Å². The van der Waals surface area contributed by atoms with Crippen LogP contribution in [-0.4, -0.2) is 33.7 Å². The molecule has 6 heteroatoms. The monoisotopic (exact) mass is 439 g/mol. The van der Waals surface area contributed by atoms with Crippen molar-refractivity contribution in [3.05, 3.63) is 96.6 Å². The van der Waals surface area contributed by atoms with Crippen molar-refractivity contribution in [1.29, 1.82) is 0 Å². The first kappa shape index (κ1) is 20.8. The molecule has 0 atom stereocenters. The number of nitrogens with zero attached hydrogens (tertiary/aromatic N) is 3. The van der Waals surface area contributed by atoms with Gasteiger partial charge in [0, 0.05) is 29.4 Å². The van der Waals surface area contributed by atoms with E-state index in [4.69, 9.17) is 14.3 Å². The van der Waals surface area contributed by atoms with Crippen LogP contribution in [0.1, 0.15) is 24.2 Å². The van der Waals surface area contributed by atoms with E-state index >= 15 is 0 Å². The molecule has 0 bridgehead atoms. The molecule has 1 aliphatic rings. The summed E-state index contributed by atoms with van der Waals surface area (Å²) in [6.07, 6.45) is 9.10. The summed E-state index contributed by atoms with van der Waals surface area (Å²) >= 11 is 0. The van der Waals surface area contributed by atoms with Gasteiger partial charge in [-0.25, -0.2) is 4.68 Å². The van der Waals surface area contributed by atoms with Crippen molar-refractivity contribution in [2.45, 2.75) is 25.4 Å². The zero-order valence-corrected chi connectivity index (χ0v) is 18.4. The number of hydrogen-bond donors (Lipinski definition) is 0. The number of methoxy groups -OCH3 is 1. The quantitative estimate of drug-likeness (QED) is 0.348. The zero-order valence-electron chi connectivity index (χ0n) is 18.4. The fourth-order valence-corrected chi connectivity index (χ4v) is 3.87. The fourth-order valence-electron chi connectivity index (χ4n) is 3.87. The number of hydrogen-bond acceptors (Lipinski definition) is 4. The lowest BCUT2D eigenvalue weighted by Gasteiger charge is -2.19. The molecule has 0 N–H and O–H groups in total. The van der Waals surface area contributed by atoms with E-state index in [9.17, 15) is 4.79 Å². The van der Waals surface area contributed by atoms with Gasteiger partial charge in [0.2, 0.25) is 5.91 Å². The number of aromatic nitrogens is 2. The number of amides is 1. The van der Waals surface area contributed by atoms with E-state index in [1.165, 1.54) is 0 Å². The topological polar surface area (TPSA) is 60.5 Å². The standard InChI is InChI=1S/C27H25N3O3/c1-32-25-12-6-5-11-24(25)27-20(18-30(28-27)22-8-3-2-4-9-22)13-16-26(31)29(21-14-15-21)19-23-10-7-17-33-23/h2-13,16-18,21H,14-15,19H2,1H3/b16-13+. The van der Waals surface area contributed by atoms with E-state index in [1.54, 1.807) is 19.4 Å². The second kappa shape index (κ2) is 9.20. The number of rotatable bonds is 8. The Labute approximate surface area is 192 Å². The molecule has 1 amide bonds. The Morgan fingerprint density at radius 3 is 2.64 bits per heavy atom. The van der Waals surface area contributed by atoms with Crippen molar-refractivity contribution in [2.75, 3.05) is 7.11 Å². The molecule has 33 heavy (non-hydrogen) atoms. The van der Waals surface area contributed by atoms with E-state index in [1.807, 2.05) is 88.6 Å². The van der Waals surface area contributed by atoms with Crippen LogP contribution in [0, 0.1) is 0 Å². The highest BCUT2D eigenvalue weighted by molar-refractivity contribution is 5.93. The van der Waals surface area contributed by atoms with Crippen LogP contribution < -0.4 is 4.74 Å². The second-order valence-corrected chi connectivity index (χ2v) is 8.02. The molecule has 0 spiro atoms. The highest BCUT2D eigenvalue weighted by atomic mass is 16.5. The van der Waals surface area contributed by atoms with Crippen LogP contribution in [0.15, 0.2) is 89.7 Å². The van der Waals surface area contributed by atoms with Crippen LogP contribution in [0.2, 0.25) is 0 Å². The van der Waals surface area contributed by atoms with E-state index in [2.05, 4.69) is 0 Å². The first-order chi connectivity index (χ1) is 16.2. The lowest BCUT2D eigenvalue weighted by molar-refractivity contribution is -0.127. The molecule has 5 rings (SSSR count). The molecule has 0 radical (unpaired) electrons. The third-order valence-electron chi connectivity index (χ3n) is 5.71. The predicted molar refractivity (Wildman–Crippen MR) is 127 cm³/mol. The number of carbonyl (C=O) groups is 1. The Hall–Kier alpha value is -4.06. The van der Waals surface area contributed by atoms with Gasteiger partial charge in [-0.05, 0) is 55.3 Å². The first-order valence-electron chi connectivity index (χ1n) is 11.0. The second-order valence-electron chi connectivity index (χ2n) is 8.02. The normalized spacial score (nSPS) is 13.4. The number of carbonyl (C=O) groups excluding carboxylic acids is 1. The smallest absolute Gasteiger partial charge is 0.247 e. The molecular weight excluding hydrogens is 414 g/mol. The maximum absolute atomic E-state index is 13.1. The van der Waals surface area contributed by atoms with Gasteiger partial charge in [-0.15, -0.1) is 0 Å². The van der Waals surface area contributed by atoms with E-state index in [0.717, 1.165) is 46.9 Å². The average molecular weight is 440 g/mol. The van der Waals surface area contributed by atoms with Gasteiger partial charge < -0.3 is 14.1 Å². The Morgan fingerprint density at radius 2 is 1.91 bits per heavy atom. The maximum atomic E-state index is 13.1. The average Bonchev–Trinajstić information content (AvgIpc) is 3.39. The Bertz CT molecular complexity index is 1260. The van der Waals surface area contributed by atoms with Gasteiger partial charge in [0.15, 0.2) is 0 Å². The van der Waals surface area contributed by atoms with E-state index < -0.39 is 0 Å². The SMILES string of the molecule is COc1ccccc1-c1nn(-c2ccccc2)cc1/C=C/C(=O)N(Cc1ccco1)C1CC1. The molecule has 1 aliphatic carbocycles. The molecule has 2 aromatic heterocycles. The van der Waals surface area contributed by atoms with Crippen LogP contribution >= 0.6 is 0 Å². The highest BCUT2D eigenvalue weighted by Crippen LogP contribution is 2.33. The van der Waals surface area contributed by atoms with Crippen LogP contribution in [0.25, 0.3) is 23.0 Å². The minimum absolute atomic E-state index is 0.0349.